The summed E-state index contributed by atoms with van der Waals surface area (Å²) in [4.78, 5) is 10.5. The van der Waals surface area contributed by atoms with E-state index in [4.69, 9.17) is 16.7 Å². The third kappa shape index (κ3) is 5.52. The van der Waals surface area contributed by atoms with E-state index in [1.54, 1.807) is 0 Å². The molecule has 0 aliphatic heterocycles. The van der Waals surface area contributed by atoms with Crippen LogP contribution >= 0.6 is 11.6 Å². The molecule has 0 spiro atoms. The van der Waals surface area contributed by atoms with Crippen molar-refractivity contribution >= 4 is 17.6 Å². The minimum atomic E-state index is -0.748. The Kier molecular flexibility index (Phi) is 6.16. The van der Waals surface area contributed by atoms with Gasteiger partial charge in [-0.05, 0) is 38.3 Å². The largest absolute Gasteiger partial charge is 0.481 e. The topological polar surface area (TPSA) is 49.3 Å². The molecule has 0 aliphatic rings. The second-order valence-electron chi connectivity index (χ2n) is 4.70. The second kappa shape index (κ2) is 7.39. The van der Waals surface area contributed by atoms with Gasteiger partial charge in [0.15, 0.2) is 0 Å². The van der Waals surface area contributed by atoms with E-state index in [0.29, 0.717) is 6.42 Å². The molecule has 0 aromatic heterocycles. The summed E-state index contributed by atoms with van der Waals surface area (Å²) in [5, 5.41) is 12.8. The standard InChI is InChI=1S/C14H20ClNO2/c1-10(7-8-14(17)18)16-11(2)9-12-5-3-4-6-13(12)15/h3-6,10-11,16H,7-9H2,1-2H3,(H,17,18). The Morgan fingerprint density at radius 1 is 1.33 bits per heavy atom. The molecule has 0 fully saturated rings. The lowest BCUT2D eigenvalue weighted by molar-refractivity contribution is -0.137. The molecule has 18 heavy (non-hydrogen) atoms. The van der Waals surface area contributed by atoms with Crippen molar-refractivity contribution in [3.8, 4) is 0 Å². The van der Waals surface area contributed by atoms with Gasteiger partial charge in [0.25, 0.3) is 0 Å². The van der Waals surface area contributed by atoms with E-state index in [9.17, 15) is 4.79 Å². The third-order valence-corrected chi connectivity index (χ3v) is 3.21. The SMILES string of the molecule is CC(CCC(=O)O)NC(C)Cc1ccccc1Cl. The molecule has 2 N–H and O–H groups in total. The predicted octanol–water partition coefficient (Wildman–Crippen LogP) is 3.11. The summed E-state index contributed by atoms with van der Waals surface area (Å²) in [7, 11) is 0. The Balaban J connectivity index is 2.39. The summed E-state index contributed by atoms with van der Waals surface area (Å²) < 4.78 is 0. The molecule has 3 nitrogen and oxygen atoms in total. The lowest BCUT2D eigenvalue weighted by atomic mass is 10.1. The molecule has 4 heteroatoms. The number of halogens is 1. The van der Waals surface area contributed by atoms with Gasteiger partial charge in [0.1, 0.15) is 0 Å². The minimum Gasteiger partial charge on any atom is -0.481 e. The molecule has 0 saturated heterocycles. The Morgan fingerprint density at radius 3 is 2.61 bits per heavy atom. The van der Waals surface area contributed by atoms with Crippen LogP contribution in [0.15, 0.2) is 24.3 Å². The van der Waals surface area contributed by atoms with Crippen LogP contribution in [-0.4, -0.2) is 23.2 Å². The van der Waals surface area contributed by atoms with Crippen LogP contribution in [0, 0.1) is 0 Å². The van der Waals surface area contributed by atoms with Gasteiger partial charge in [-0.3, -0.25) is 4.79 Å². The third-order valence-electron chi connectivity index (χ3n) is 2.84. The molecule has 0 radical (unpaired) electrons. The van der Waals surface area contributed by atoms with Gasteiger partial charge in [0.2, 0.25) is 0 Å². The van der Waals surface area contributed by atoms with Gasteiger partial charge in [-0.2, -0.15) is 0 Å². The molecule has 0 saturated carbocycles. The highest BCUT2D eigenvalue weighted by molar-refractivity contribution is 6.31. The number of carboxylic acids is 1. The van der Waals surface area contributed by atoms with Gasteiger partial charge >= 0.3 is 5.97 Å². The average Bonchev–Trinajstić information content (AvgIpc) is 2.29. The fraction of sp³-hybridized carbons (Fsp3) is 0.500. The highest BCUT2D eigenvalue weighted by Crippen LogP contribution is 2.16. The Hall–Kier alpha value is -1.06. The van der Waals surface area contributed by atoms with Crippen molar-refractivity contribution in [1.29, 1.82) is 0 Å². The number of nitrogens with one attached hydrogen (secondary N) is 1. The summed E-state index contributed by atoms with van der Waals surface area (Å²) in [6, 6.07) is 8.26. The molecule has 1 aromatic rings. The van der Waals surface area contributed by atoms with Gasteiger partial charge in [-0.25, -0.2) is 0 Å². The van der Waals surface area contributed by atoms with E-state index in [0.717, 1.165) is 17.0 Å². The fourth-order valence-corrected chi connectivity index (χ4v) is 2.17. The number of carboxylic acid groups (broad SMARTS) is 1. The van der Waals surface area contributed by atoms with Gasteiger partial charge in [0, 0.05) is 23.5 Å². The summed E-state index contributed by atoms with van der Waals surface area (Å²) in [5.41, 5.74) is 1.12. The Bertz CT molecular complexity index is 395. The van der Waals surface area contributed by atoms with E-state index in [-0.39, 0.29) is 18.5 Å². The summed E-state index contributed by atoms with van der Waals surface area (Å²) in [6.07, 6.45) is 1.69. The first kappa shape index (κ1) is 15.0. The van der Waals surface area contributed by atoms with Gasteiger partial charge in [0.05, 0.1) is 0 Å². The average molecular weight is 270 g/mol. The lowest BCUT2D eigenvalue weighted by Crippen LogP contribution is -2.36. The first-order valence-electron chi connectivity index (χ1n) is 6.20. The number of hydrogen-bond acceptors (Lipinski definition) is 2. The molecular weight excluding hydrogens is 250 g/mol. The summed E-state index contributed by atoms with van der Waals surface area (Å²) in [6.45, 7) is 4.09. The summed E-state index contributed by atoms with van der Waals surface area (Å²) in [5.74, 6) is -0.748. The van der Waals surface area contributed by atoms with Crippen LogP contribution in [0.1, 0.15) is 32.3 Å². The minimum absolute atomic E-state index is 0.193. The van der Waals surface area contributed by atoms with Crippen LogP contribution in [0.25, 0.3) is 0 Å². The van der Waals surface area contributed by atoms with E-state index in [1.807, 2.05) is 31.2 Å². The van der Waals surface area contributed by atoms with Crippen molar-refractivity contribution in [2.45, 2.75) is 45.2 Å². The highest BCUT2D eigenvalue weighted by atomic mass is 35.5. The van der Waals surface area contributed by atoms with Crippen LogP contribution in [0.3, 0.4) is 0 Å². The van der Waals surface area contributed by atoms with E-state index in [1.165, 1.54) is 0 Å². The molecule has 2 unspecified atom stereocenters. The fourth-order valence-electron chi connectivity index (χ4n) is 1.96. The van der Waals surface area contributed by atoms with Crippen molar-refractivity contribution < 1.29 is 9.90 Å². The van der Waals surface area contributed by atoms with Crippen molar-refractivity contribution in [1.82, 2.24) is 5.32 Å². The van der Waals surface area contributed by atoms with E-state index < -0.39 is 5.97 Å². The molecule has 0 amide bonds. The van der Waals surface area contributed by atoms with Crippen LogP contribution in [-0.2, 0) is 11.2 Å². The van der Waals surface area contributed by atoms with Gasteiger partial charge in [-0.1, -0.05) is 29.8 Å². The quantitative estimate of drug-likeness (QED) is 0.800. The monoisotopic (exact) mass is 269 g/mol. The summed E-state index contributed by atoms with van der Waals surface area (Å²) >= 11 is 6.10. The first-order valence-corrected chi connectivity index (χ1v) is 6.58. The second-order valence-corrected chi connectivity index (χ2v) is 5.10. The van der Waals surface area contributed by atoms with Crippen molar-refractivity contribution in [2.24, 2.45) is 0 Å². The molecular formula is C14H20ClNO2. The number of rotatable bonds is 7. The van der Waals surface area contributed by atoms with Crippen LogP contribution in [0.2, 0.25) is 5.02 Å². The molecule has 0 aliphatic carbocycles. The number of benzene rings is 1. The maximum Gasteiger partial charge on any atom is 0.303 e. The van der Waals surface area contributed by atoms with Crippen molar-refractivity contribution in [3.05, 3.63) is 34.9 Å². The number of aliphatic carboxylic acids is 1. The molecule has 1 aromatic carbocycles. The Labute approximate surface area is 113 Å². The predicted molar refractivity (Wildman–Crippen MR) is 74.1 cm³/mol. The van der Waals surface area contributed by atoms with Gasteiger partial charge < -0.3 is 10.4 Å². The molecule has 100 valence electrons. The zero-order chi connectivity index (χ0) is 13.5. The van der Waals surface area contributed by atoms with Crippen LogP contribution in [0.5, 0.6) is 0 Å². The molecule has 1 rings (SSSR count). The lowest BCUT2D eigenvalue weighted by Gasteiger charge is -2.20. The maximum atomic E-state index is 10.5. The highest BCUT2D eigenvalue weighted by Gasteiger charge is 2.10. The van der Waals surface area contributed by atoms with Gasteiger partial charge in [-0.15, -0.1) is 0 Å². The smallest absolute Gasteiger partial charge is 0.303 e. The van der Waals surface area contributed by atoms with Crippen LogP contribution < -0.4 is 5.32 Å². The molecule has 0 heterocycles. The first-order chi connectivity index (χ1) is 8.49. The zero-order valence-corrected chi connectivity index (χ0v) is 11.6. The number of hydrogen-bond donors (Lipinski definition) is 2. The Morgan fingerprint density at radius 2 is 2.00 bits per heavy atom. The van der Waals surface area contributed by atoms with E-state index >= 15 is 0 Å². The van der Waals surface area contributed by atoms with E-state index in [2.05, 4.69) is 12.2 Å². The normalized spacial score (nSPS) is 14.2. The van der Waals surface area contributed by atoms with Crippen molar-refractivity contribution in [2.75, 3.05) is 0 Å². The molecule has 0 bridgehead atoms. The number of carbonyl (C=O) groups is 1. The zero-order valence-electron chi connectivity index (χ0n) is 10.8. The molecule has 2 atom stereocenters. The maximum absolute atomic E-state index is 10.5. The van der Waals surface area contributed by atoms with Crippen LogP contribution in [0.4, 0.5) is 0 Å². The van der Waals surface area contributed by atoms with Crippen molar-refractivity contribution in [3.63, 3.8) is 0 Å².